The summed E-state index contributed by atoms with van der Waals surface area (Å²) in [6, 6.07) is 4.04. The summed E-state index contributed by atoms with van der Waals surface area (Å²) in [5.74, 6) is -0.00624. The molecule has 5 rings (SSSR count). The van der Waals surface area contributed by atoms with Crippen LogP contribution in [0.5, 0.6) is 5.75 Å². The Hall–Kier alpha value is -1.86. The molecule has 0 heterocycles. The Kier molecular flexibility index (Phi) is 5.00. The number of hydrogen-bond acceptors (Lipinski definition) is 4. The van der Waals surface area contributed by atoms with Crippen molar-refractivity contribution in [2.24, 2.45) is 5.92 Å². The summed E-state index contributed by atoms with van der Waals surface area (Å²) in [7, 11) is 0. The average Bonchev–Trinajstić information content (AvgIpc) is 2.55. The smallest absolute Gasteiger partial charge is 0.258 e. The van der Waals surface area contributed by atoms with Gasteiger partial charge in [-0.15, -0.1) is 0 Å². The van der Waals surface area contributed by atoms with Crippen LogP contribution >= 0.6 is 11.6 Å². The quantitative estimate of drug-likeness (QED) is 0.690. The molecule has 152 valence electrons. The Bertz CT molecular complexity index is 777. The van der Waals surface area contributed by atoms with E-state index in [1.807, 2.05) is 0 Å². The molecule has 0 atom stereocenters. The topological polar surface area (TPSA) is 76.7 Å². The maximum Gasteiger partial charge on any atom is 0.258 e. The summed E-state index contributed by atoms with van der Waals surface area (Å²) in [5, 5.41) is 6.01. The fraction of sp³-hybridized carbons (Fsp3) is 0.600. The monoisotopic (exact) mass is 410 g/mol. The highest BCUT2D eigenvalue weighted by Crippen LogP contribution is 2.60. The zero-order valence-corrected chi connectivity index (χ0v) is 16.5. The van der Waals surface area contributed by atoms with Gasteiger partial charge in [-0.2, -0.15) is 0 Å². The standard InChI is InChI=1S/C20H24ClFN2O4/c1-12-4-14(5-12)28-8-18(26)24-20-9-19(10-20,11-20)23-17(25)7-27-13-2-3-15(21)16(22)6-13/h2-3,6,12,14H,4-5,7-11H2,1H3,(H,23,25)(H,24,26)/t12-,14+,19?,20?. The lowest BCUT2D eigenvalue weighted by Crippen LogP contribution is -2.84. The molecule has 0 aliphatic heterocycles. The SMILES string of the molecule is C[C@H]1C[C@@H](OCC(=O)NC23CC(NC(=O)COc4ccc(Cl)c(F)c4)(C2)C3)C1. The van der Waals surface area contributed by atoms with Crippen molar-refractivity contribution in [2.45, 2.75) is 56.2 Å². The Morgan fingerprint density at radius 1 is 1.14 bits per heavy atom. The molecule has 2 bridgehead atoms. The third-order valence-corrected chi connectivity index (χ3v) is 6.19. The predicted octanol–water partition coefficient (Wildman–Crippen LogP) is 2.58. The molecule has 0 radical (unpaired) electrons. The van der Waals surface area contributed by atoms with Crippen molar-refractivity contribution in [1.29, 1.82) is 0 Å². The molecular weight excluding hydrogens is 387 g/mol. The third-order valence-electron chi connectivity index (χ3n) is 5.88. The highest BCUT2D eigenvalue weighted by atomic mass is 35.5. The predicted molar refractivity (Wildman–Crippen MR) is 101 cm³/mol. The lowest BCUT2D eigenvalue weighted by Gasteiger charge is -2.70. The minimum Gasteiger partial charge on any atom is -0.484 e. The van der Waals surface area contributed by atoms with Gasteiger partial charge in [-0.05, 0) is 50.2 Å². The van der Waals surface area contributed by atoms with Gasteiger partial charge in [-0.3, -0.25) is 9.59 Å². The molecule has 28 heavy (non-hydrogen) atoms. The summed E-state index contributed by atoms with van der Waals surface area (Å²) in [5.41, 5.74) is -0.468. The van der Waals surface area contributed by atoms with E-state index in [9.17, 15) is 14.0 Å². The van der Waals surface area contributed by atoms with Crippen molar-refractivity contribution in [2.75, 3.05) is 13.2 Å². The maximum atomic E-state index is 13.4. The van der Waals surface area contributed by atoms with Gasteiger partial charge in [-0.25, -0.2) is 4.39 Å². The molecule has 0 aromatic heterocycles. The number of ether oxygens (including phenoxy) is 2. The molecule has 0 saturated heterocycles. The van der Waals surface area contributed by atoms with Gasteiger partial charge >= 0.3 is 0 Å². The highest BCUT2D eigenvalue weighted by molar-refractivity contribution is 6.30. The fourth-order valence-electron chi connectivity index (χ4n) is 4.59. The molecule has 4 aliphatic rings. The van der Waals surface area contributed by atoms with Crippen LogP contribution in [0.1, 0.15) is 39.0 Å². The Morgan fingerprint density at radius 3 is 2.32 bits per heavy atom. The lowest BCUT2D eigenvalue weighted by atomic mass is 9.44. The second-order valence-electron chi connectivity index (χ2n) is 8.56. The first kappa shape index (κ1) is 19.5. The van der Waals surface area contributed by atoms with Crippen molar-refractivity contribution < 1.29 is 23.5 Å². The van der Waals surface area contributed by atoms with E-state index < -0.39 is 5.82 Å². The van der Waals surface area contributed by atoms with Crippen molar-refractivity contribution in [3.63, 3.8) is 0 Å². The van der Waals surface area contributed by atoms with Crippen LogP contribution in [-0.2, 0) is 14.3 Å². The van der Waals surface area contributed by atoms with E-state index in [0.29, 0.717) is 25.2 Å². The zero-order chi connectivity index (χ0) is 19.9. The first-order valence-electron chi connectivity index (χ1n) is 9.58. The number of hydrogen-bond donors (Lipinski definition) is 2. The second kappa shape index (κ2) is 7.19. The third kappa shape index (κ3) is 3.96. The largest absolute Gasteiger partial charge is 0.484 e. The number of benzene rings is 1. The minimum atomic E-state index is -0.590. The van der Waals surface area contributed by atoms with Crippen molar-refractivity contribution in [1.82, 2.24) is 10.6 Å². The number of nitrogens with one attached hydrogen (secondary N) is 2. The Labute approximate surface area is 168 Å². The van der Waals surface area contributed by atoms with Crippen LogP contribution in [-0.4, -0.2) is 42.2 Å². The summed E-state index contributed by atoms with van der Waals surface area (Å²) >= 11 is 5.61. The molecule has 8 heteroatoms. The molecular formula is C20H24ClFN2O4. The minimum absolute atomic E-state index is 0.00524. The molecule has 2 amide bonds. The van der Waals surface area contributed by atoms with Gasteiger partial charge in [-0.1, -0.05) is 18.5 Å². The van der Waals surface area contributed by atoms with Gasteiger partial charge in [0.25, 0.3) is 5.91 Å². The molecule has 4 fully saturated rings. The van der Waals surface area contributed by atoms with E-state index in [1.54, 1.807) is 0 Å². The van der Waals surface area contributed by atoms with Crippen molar-refractivity contribution in [3.8, 4) is 5.75 Å². The van der Waals surface area contributed by atoms with Crippen LogP contribution in [0.15, 0.2) is 18.2 Å². The maximum absolute atomic E-state index is 13.4. The van der Waals surface area contributed by atoms with Gasteiger partial charge in [0.15, 0.2) is 6.61 Å². The number of carbonyl (C=O) groups is 2. The van der Waals surface area contributed by atoms with Crippen LogP contribution < -0.4 is 15.4 Å². The van der Waals surface area contributed by atoms with Crippen molar-refractivity contribution in [3.05, 3.63) is 29.0 Å². The summed E-state index contributed by atoms with van der Waals surface area (Å²) in [6.45, 7) is 2.08. The summed E-state index contributed by atoms with van der Waals surface area (Å²) in [4.78, 5) is 24.2. The highest BCUT2D eigenvalue weighted by Gasteiger charge is 2.69. The van der Waals surface area contributed by atoms with Crippen LogP contribution in [0.2, 0.25) is 5.02 Å². The Balaban J connectivity index is 1.14. The van der Waals surface area contributed by atoms with E-state index in [-0.39, 0.29) is 53.0 Å². The first-order valence-corrected chi connectivity index (χ1v) is 9.96. The number of carbonyl (C=O) groups excluding carboxylic acids is 2. The molecule has 4 aliphatic carbocycles. The number of halogens is 2. The molecule has 6 nitrogen and oxygen atoms in total. The van der Waals surface area contributed by atoms with Gasteiger partial charge in [0, 0.05) is 17.1 Å². The number of rotatable bonds is 8. The molecule has 0 unspecified atom stereocenters. The fourth-order valence-corrected chi connectivity index (χ4v) is 4.71. The molecule has 2 N–H and O–H groups in total. The van der Waals surface area contributed by atoms with Gasteiger partial charge in [0.2, 0.25) is 5.91 Å². The molecule has 1 aromatic rings. The Morgan fingerprint density at radius 2 is 1.75 bits per heavy atom. The molecule has 4 saturated carbocycles. The summed E-state index contributed by atoms with van der Waals surface area (Å²) < 4.78 is 24.3. The van der Waals surface area contributed by atoms with E-state index in [2.05, 4.69) is 17.6 Å². The average molecular weight is 411 g/mol. The van der Waals surface area contributed by atoms with Crippen LogP contribution in [0.3, 0.4) is 0 Å². The van der Waals surface area contributed by atoms with Gasteiger partial charge < -0.3 is 20.1 Å². The summed E-state index contributed by atoms with van der Waals surface area (Å²) in [6.07, 6.45) is 4.42. The van der Waals surface area contributed by atoms with E-state index in [4.69, 9.17) is 21.1 Å². The normalized spacial score (nSPS) is 32.4. The van der Waals surface area contributed by atoms with E-state index in [0.717, 1.165) is 18.9 Å². The van der Waals surface area contributed by atoms with Crippen molar-refractivity contribution >= 4 is 23.4 Å². The second-order valence-corrected chi connectivity index (χ2v) is 8.97. The number of amides is 2. The van der Waals surface area contributed by atoms with E-state index >= 15 is 0 Å². The molecule has 1 aromatic carbocycles. The van der Waals surface area contributed by atoms with Gasteiger partial charge in [0.05, 0.1) is 11.1 Å². The van der Waals surface area contributed by atoms with Crippen LogP contribution in [0, 0.1) is 11.7 Å². The first-order chi connectivity index (χ1) is 13.3. The van der Waals surface area contributed by atoms with E-state index in [1.165, 1.54) is 12.1 Å². The molecule has 0 spiro atoms. The van der Waals surface area contributed by atoms with Crippen LogP contribution in [0.4, 0.5) is 4.39 Å². The van der Waals surface area contributed by atoms with Gasteiger partial charge in [0.1, 0.15) is 18.2 Å². The zero-order valence-electron chi connectivity index (χ0n) is 15.7. The lowest BCUT2D eigenvalue weighted by molar-refractivity contribution is -0.154. The van der Waals surface area contributed by atoms with Crippen LogP contribution in [0.25, 0.3) is 0 Å².